The fourth-order valence-corrected chi connectivity index (χ4v) is 2.06. The van der Waals surface area contributed by atoms with Crippen LogP contribution in [0, 0.1) is 11.3 Å². The van der Waals surface area contributed by atoms with Crippen molar-refractivity contribution in [2.24, 2.45) is 0 Å². The zero-order chi connectivity index (χ0) is 13.8. The molecule has 0 spiro atoms. The summed E-state index contributed by atoms with van der Waals surface area (Å²) in [7, 11) is 3.18. The summed E-state index contributed by atoms with van der Waals surface area (Å²) in [6.45, 7) is 0.729. The average molecular weight is 257 g/mol. The Bertz CT molecular complexity index is 640. The van der Waals surface area contributed by atoms with Gasteiger partial charge in [0.05, 0.1) is 24.7 Å². The van der Waals surface area contributed by atoms with E-state index in [-0.39, 0.29) is 12.5 Å². The smallest absolute Gasteiger partial charge is 0.319 e. The van der Waals surface area contributed by atoms with E-state index >= 15 is 0 Å². The first-order valence-electron chi connectivity index (χ1n) is 5.89. The summed E-state index contributed by atoms with van der Waals surface area (Å²) in [5, 5.41) is 9.27. The molecule has 2 aromatic rings. The van der Waals surface area contributed by atoms with Gasteiger partial charge in [-0.05, 0) is 19.2 Å². The Balaban J connectivity index is 2.25. The maximum absolute atomic E-state index is 11.2. The highest BCUT2D eigenvalue weighted by molar-refractivity contribution is 5.71. The molecule has 0 unspecified atom stereocenters. The lowest BCUT2D eigenvalue weighted by molar-refractivity contribution is -0.141. The highest BCUT2D eigenvalue weighted by atomic mass is 16.5. The number of fused-ring (bicyclic) bond motifs is 1. The fourth-order valence-electron chi connectivity index (χ4n) is 2.06. The van der Waals surface area contributed by atoms with Crippen LogP contribution in [0.3, 0.4) is 0 Å². The van der Waals surface area contributed by atoms with Crippen LogP contribution < -0.4 is 0 Å². The van der Waals surface area contributed by atoms with Crippen molar-refractivity contribution >= 4 is 11.5 Å². The Hall–Kier alpha value is -2.32. The number of hydrogen-bond donors (Lipinski definition) is 0. The number of aromatic nitrogens is 1. The van der Waals surface area contributed by atoms with Gasteiger partial charge in [-0.2, -0.15) is 5.26 Å². The molecule has 0 amide bonds. The summed E-state index contributed by atoms with van der Waals surface area (Å²) in [5.41, 5.74) is 2.43. The van der Waals surface area contributed by atoms with Crippen LogP contribution in [0.2, 0.25) is 0 Å². The summed E-state index contributed by atoms with van der Waals surface area (Å²) < 4.78 is 6.54. The summed E-state index contributed by atoms with van der Waals surface area (Å²) in [6, 6.07) is 7.95. The number of hydrogen-bond acceptors (Lipinski definition) is 4. The number of carbonyl (C=O) groups excluding carboxylic acids is 1. The average Bonchev–Trinajstić information content (AvgIpc) is 2.75. The molecule has 0 saturated carbocycles. The minimum Gasteiger partial charge on any atom is -0.468 e. The van der Waals surface area contributed by atoms with Crippen molar-refractivity contribution in [3.05, 3.63) is 41.7 Å². The Labute approximate surface area is 111 Å². The summed E-state index contributed by atoms with van der Waals surface area (Å²) in [4.78, 5) is 13.0. The molecule has 0 fully saturated rings. The number of nitriles is 1. The lowest BCUT2D eigenvalue weighted by Gasteiger charge is -2.14. The predicted molar refractivity (Wildman–Crippen MR) is 70.5 cm³/mol. The van der Waals surface area contributed by atoms with E-state index in [2.05, 4.69) is 10.8 Å². The number of esters is 1. The number of likely N-dealkylation sites (N-methyl/N-ethyl adjacent to an activating group) is 1. The predicted octanol–water partition coefficient (Wildman–Crippen LogP) is 1.42. The molecular weight excluding hydrogens is 242 g/mol. The maximum Gasteiger partial charge on any atom is 0.319 e. The van der Waals surface area contributed by atoms with Crippen LogP contribution in [0.15, 0.2) is 30.6 Å². The zero-order valence-electron chi connectivity index (χ0n) is 11.0. The van der Waals surface area contributed by atoms with Crippen molar-refractivity contribution in [1.29, 1.82) is 5.26 Å². The topological polar surface area (TPSA) is 57.7 Å². The van der Waals surface area contributed by atoms with Gasteiger partial charge in [-0.1, -0.05) is 6.07 Å². The van der Waals surface area contributed by atoms with Gasteiger partial charge in [0.1, 0.15) is 6.07 Å². The second-order valence-corrected chi connectivity index (χ2v) is 4.38. The Morgan fingerprint density at radius 3 is 3.00 bits per heavy atom. The van der Waals surface area contributed by atoms with Crippen molar-refractivity contribution in [3.8, 4) is 6.07 Å². The molecule has 0 saturated heterocycles. The van der Waals surface area contributed by atoms with Crippen LogP contribution >= 0.6 is 0 Å². The quantitative estimate of drug-likeness (QED) is 0.777. The first-order chi connectivity index (χ1) is 9.15. The van der Waals surface area contributed by atoms with Gasteiger partial charge in [-0.15, -0.1) is 0 Å². The first-order valence-corrected chi connectivity index (χ1v) is 5.89. The molecule has 19 heavy (non-hydrogen) atoms. The maximum atomic E-state index is 11.2. The molecule has 0 atom stereocenters. The van der Waals surface area contributed by atoms with E-state index in [9.17, 15) is 10.1 Å². The summed E-state index contributed by atoms with van der Waals surface area (Å²) in [5.74, 6) is -0.287. The SMILES string of the molecule is COC(=O)CN(C)Cc1cn2ccccc2c1C#N. The van der Waals surface area contributed by atoms with Gasteiger partial charge in [0.25, 0.3) is 0 Å². The van der Waals surface area contributed by atoms with Crippen molar-refractivity contribution < 1.29 is 9.53 Å². The second-order valence-electron chi connectivity index (χ2n) is 4.38. The largest absolute Gasteiger partial charge is 0.468 e. The highest BCUT2D eigenvalue weighted by Crippen LogP contribution is 2.18. The van der Waals surface area contributed by atoms with Gasteiger partial charge < -0.3 is 9.14 Å². The standard InChI is InChI=1S/C14H15N3O2/c1-16(10-14(18)19-2)8-11-9-17-6-4-3-5-13(17)12(11)7-15/h3-6,9H,8,10H2,1-2H3. The van der Waals surface area contributed by atoms with Crippen LogP contribution in [0.1, 0.15) is 11.1 Å². The third-order valence-electron chi connectivity index (χ3n) is 2.94. The molecule has 0 aromatic carbocycles. The zero-order valence-corrected chi connectivity index (χ0v) is 11.0. The number of methoxy groups -OCH3 is 1. The molecule has 0 aliphatic rings. The molecule has 5 nitrogen and oxygen atoms in total. The monoisotopic (exact) mass is 257 g/mol. The van der Waals surface area contributed by atoms with Crippen molar-refractivity contribution in [1.82, 2.24) is 9.30 Å². The van der Waals surface area contributed by atoms with Gasteiger partial charge in [0.2, 0.25) is 0 Å². The minimum absolute atomic E-state index is 0.202. The molecule has 2 rings (SSSR count). The van der Waals surface area contributed by atoms with Crippen LogP contribution in [0.4, 0.5) is 0 Å². The summed E-state index contributed by atoms with van der Waals surface area (Å²) >= 11 is 0. The Morgan fingerprint density at radius 2 is 2.32 bits per heavy atom. The van der Waals surface area contributed by atoms with E-state index < -0.39 is 0 Å². The molecule has 0 bridgehead atoms. The van der Waals surface area contributed by atoms with Crippen LogP contribution in [0.25, 0.3) is 5.52 Å². The number of ether oxygens (including phenoxy) is 1. The van der Waals surface area contributed by atoms with Gasteiger partial charge in [-0.25, -0.2) is 0 Å². The lowest BCUT2D eigenvalue weighted by atomic mass is 10.1. The number of carbonyl (C=O) groups is 1. The third kappa shape index (κ3) is 2.75. The van der Waals surface area contributed by atoms with Crippen LogP contribution in [-0.4, -0.2) is 36.0 Å². The van der Waals surface area contributed by atoms with E-state index in [1.807, 2.05) is 46.9 Å². The normalized spacial score (nSPS) is 10.6. The molecule has 0 aliphatic heterocycles. The van der Waals surface area contributed by atoms with E-state index in [0.29, 0.717) is 12.1 Å². The molecule has 0 aliphatic carbocycles. The molecule has 2 aromatic heterocycles. The first kappa shape index (κ1) is 13.1. The molecule has 0 radical (unpaired) electrons. The van der Waals surface area contributed by atoms with Gasteiger partial charge in [0.15, 0.2) is 0 Å². The van der Waals surface area contributed by atoms with Crippen LogP contribution in [-0.2, 0) is 16.1 Å². The minimum atomic E-state index is -0.287. The number of rotatable bonds is 4. The van der Waals surface area contributed by atoms with E-state index in [4.69, 9.17) is 0 Å². The number of nitrogens with zero attached hydrogens (tertiary/aromatic N) is 3. The highest BCUT2D eigenvalue weighted by Gasteiger charge is 2.13. The molecule has 98 valence electrons. The van der Waals surface area contributed by atoms with Crippen molar-refractivity contribution in [2.45, 2.75) is 6.54 Å². The second kappa shape index (κ2) is 5.55. The van der Waals surface area contributed by atoms with E-state index in [0.717, 1.165) is 11.1 Å². The van der Waals surface area contributed by atoms with Gasteiger partial charge in [-0.3, -0.25) is 9.69 Å². The molecular formula is C14H15N3O2. The number of pyridine rings is 1. The van der Waals surface area contributed by atoms with E-state index in [1.165, 1.54) is 7.11 Å². The van der Waals surface area contributed by atoms with Crippen LogP contribution in [0.5, 0.6) is 0 Å². The lowest BCUT2D eigenvalue weighted by Crippen LogP contribution is -2.26. The molecule has 0 N–H and O–H groups in total. The van der Waals surface area contributed by atoms with Gasteiger partial charge >= 0.3 is 5.97 Å². The fraction of sp³-hybridized carbons (Fsp3) is 0.286. The molecule has 2 heterocycles. The Morgan fingerprint density at radius 1 is 1.53 bits per heavy atom. The van der Waals surface area contributed by atoms with E-state index in [1.54, 1.807) is 0 Å². The molecule has 5 heteroatoms. The Kier molecular flexibility index (Phi) is 3.83. The van der Waals surface area contributed by atoms with Gasteiger partial charge in [0, 0.05) is 24.5 Å². The van der Waals surface area contributed by atoms with Crippen molar-refractivity contribution in [3.63, 3.8) is 0 Å². The van der Waals surface area contributed by atoms with Crippen molar-refractivity contribution in [2.75, 3.05) is 20.7 Å². The summed E-state index contributed by atoms with van der Waals surface area (Å²) in [6.07, 6.45) is 3.82. The third-order valence-corrected chi connectivity index (χ3v) is 2.94.